The monoisotopic (exact) mass is 635 g/mol. The molecule has 2 aliphatic rings. The Kier molecular flexibility index (Phi) is 9.25. The van der Waals surface area contributed by atoms with E-state index in [0.29, 0.717) is 81.1 Å². The molecular formula is C33H32F7N3O2. The predicted molar refractivity (Wildman–Crippen MR) is 154 cm³/mol. The van der Waals surface area contributed by atoms with Crippen LogP contribution in [0, 0.1) is 5.82 Å². The summed E-state index contributed by atoms with van der Waals surface area (Å²) < 4.78 is 92.5. The van der Waals surface area contributed by atoms with Gasteiger partial charge in [0.15, 0.2) is 0 Å². The first-order chi connectivity index (χ1) is 21.3. The number of hydrogen-bond acceptors (Lipinski definition) is 3. The van der Waals surface area contributed by atoms with Crippen molar-refractivity contribution >= 4 is 11.8 Å². The fourth-order valence-corrected chi connectivity index (χ4v) is 6.45. The third-order valence-corrected chi connectivity index (χ3v) is 8.64. The van der Waals surface area contributed by atoms with E-state index in [4.69, 9.17) is 0 Å². The zero-order chi connectivity index (χ0) is 32.4. The molecule has 0 bridgehead atoms. The van der Waals surface area contributed by atoms with Crippen LogP contribution in [-0.4, -0.2) is 55.1 Å². The fourth-order valence-electron chi connectivity index (χ4n) is 6.45. The predicted octanol–water partition coefficient (Wildman–Crippen LogP) is 6.85. The molecule has 1 heterocycles. The molecular weight excluding hydrogens is 603 g/mol. The van der Waals surface area contributed by atoms with Crippen LogP contribution in [0.2, 0.25) is 0 Å². The standard InChI is InChI=1S/C33H32F7N3O2/c34-28-12-11-21(33(38,39)40)19-25(28)29(44)42-22-13-17-43(18-14-22)16-6-5-15-31(30(45)41-20-32(35,36)37)26-9-3-1-7-23(26)24-8-2-4-10-27(24)31/h1-4,7-12,19,22H,5-6,13-18,20H2,(H,41,45)(H,42,44). The maximum Gasteiger partial charge on any atom is 0.416 e. The lowest BCUT2D eigenvalue weighted by molar-refractivity contribution is -0.141. The molecule has 0 aromatic heterocycles. The molecule has 5 rings (SSSR count). The molecule has 0 radical (unpaired) electrons. The first kappa shape index (κ1) is 32.5. The highest BCUT2D eigenvalue weighted by Crippen LogP contribution is 2.51. The average Bonchev–Trinajstić information content (AvgIpc) is 3.29. The van der Waals surface area contributed by atoms with Crippen LogP contribution in [0.5, 0.6) is 0 Å². The van der Waals surface area contributed by atoms with Crippen molar-refractivity contribution in [3.63, 3.8) is 0 Å². The van der Waals surface area contributed by atoms with E-state index in [1.807, 2.05) is 24.3 Å². The number of piperidine rings is 1. The Morgan fingerprint density at radius 2 is 1.44 bits per heavy atom. The number of halogens is 7. The lowest BCUT2D eigenvalue weighted by Crippen LogP contribution is -2.47. The van der Waals surface area contributed by atoms with Gasteiger partial charge in [-0.25, -0.2) is 4.39 Å². The smallest absolute Gasteiger partial charge is 0.349 e. The number of unbranched alkanes of at least 4 members (excludes halogenated alkanes) is 1. The zero-order valence-corrected chi connectivity index (χ0v) is 24.2. The largest absolute Gasteiger partial charge is 0.416 e. The summed E-state index contributed by atoms with van der Waals surface area (Å²) in [5.41, 5.74) is -0.0226. The molecule has 3 aromatic rings. The summed E-state index contributed by atoms with van der Waals surface area (Å²) in [4.78, 5) is 28.3. The Hall–Kier alpha value is -3.93. The number of likely N-dealkylation sites (tertiary alicyclic amines) is 1. The topological polar surface area (TPSA) is 61.4 Å². The molecule has 1 aliphatic carbocycles. The zero-order valence-electron chi connectivity index (χ0n) is 24.2. The number of carbonyl (C=O) groups excluding carboxylic acids is 2. The van der Waals surface area contributed by atoms with E-state index in [1.54, 1.807) is 24.3 Å². The number of benzene rings is 3. The van der Waals surface area contributed by atoms with E-state index in [0.717, 1.165) is 11.1 Å². The van der Waals surface area contributed by atoms with Crippen molar-refractivity contribution in [2.45, 2.75) is 55.9 Å². The normalized spacial score (nSPS) is 16.6. The molecule has 5 nitrogen and oxygen atoms in total. The number of fused-ring (bicyclic) bond motifs is 3. The molecule has 2 amide bonds. The van der Waals surface area contributed by atoms with Crippen LogP contribution in [0.15, 0.2) is 66.7 Å². The van der Waals surface area contributed by atoms with Gasteiger partial charge in [0.05, 0.1) is 11.1 Å². The van der Waals surface area contributed by atoms with E-state index >= 15 is 0 Å². The Balaban J connectivity index is 1.19. The minimum atomic E-state index is -4.70. The van der Waals surface area contributed by atoms with Crippen molar-refractivity contribution in [3.8, 4) is 11.1 Å². The van der Waals surface area contributed by atoms with Crippen LogP contribution < -0.4 is 10.6 Å². The van der Waals surface area contributed by atoms with Gasteiger partial charge >= 0.3 is 12.4 Å². The summed E-state index contributed by atoms with van der Waals surface area (Å²) in [6, 6.07) is 16.0. The SMILES string of the molecule is O=C(NC1CCN(CCCCC2(C(=O)NCC(F)(F)F)c3ccccc3-c3ccccc32)CC1)c1cc(C(F)(F)F)ccc1F. The van der Waals surface area contributed by atoms with Crippen LogP contribution in [0.4, 0.5) is 30.7 Å². The van der Waals surface area contributed by atoms with Gasteiger partial charge in [0.1, 0.15) is 17.8 Å². The molecule has 240 valence electrons. The van der Waals surface area contributed by atoms with Gasteiger partial charge in [0.2, 0.25) is 5.91 Å². The molecule has 0 atom stereocenters. The van der Waals surface area contributed by atoms with Crippen molar-refractivity contribution in [3.05, 3.63) is 94.8 Å². The number of amides is 2. The van der Waals surface area contributed by atoms with Crippen LogP contribution in [0.25, 0.3) is 11.1 Å². The van der Waals surface area contributed by atoms with Gasteiger partial charge in [-0.15, -0.1) is 0 Å². The van der Waals surface area contributed by atoms with Crippen molar-refractivity contribution in [1.82, 2.24) is 15.5 Å². The van der Waals surface area contributed by atoms with Crippen LogP contribution in [-0.2, 0) is 16.4 Å². The van der Waals surface area contributed by atoms with Gasteiger partial charge in [-0.2, -0.15) is 26.3 Å². The highest BCUT2D eigenvalue weighted by molar-refractivity contribution is 6.00. The van der Waals surface area contributed by atoms with Gasteiger partial charge in [0.25, 0.3) is 5.91 Å². The van der Waals surface area contributed by atoms with E-state index in [9.17, 15) is 40.3 Å². The Morgan fingerprint density at radius 3 is 2.02 bits per heavy atom. The van der Waals surface area contributed by atoms with Crippen LogP contribution in [0.1, 0.15) is 59.2 Å². The van der Waals surface area contributed by atoms with Gasteiger partial charge < -0.3 is 15.5 Å². The van der Waals surface area contributed by atoms with E-state index in [-0.39, 0.29) is 6.04 Å². The number of alkyl halides is 6. The fraction of sp³-hybridized carbons (Fsp3) is 0.394. The average molecular weight is 636 g/mol. The Bertz CT molecular complexity index is 1500. The van der Waals surface area contributed by atoms with E-state index in [1.165, 1.54) is 0 Å². The number of carbonyl (C=O) groups is 2. The van der Waals surface area contributed by atoms with Gasteiger partial charge in [-0.05, 0) is 72.7 Å². The van der Waals surface area contributed by atoms with E-state index in [2.05, 4.69) is 15.5 Å². The van der Waals surface area contributed by atoms with Gasteiger partial charge in [-0.3, -0.25) is 9.59 Å². The molecule has 1 aliphatic heterocycles. The van der Waals surface area contributed by atoms with Gasteiger partial charge in [-0.1, -0.05) is 55.0 Å². The lowest BCUT2D eigenvalue weighted by Gasteiger charge is -2.33. The van der Waals surface area contributed by atoms with Crippen molar-refractivity contribution in [1.29, 1.82) is 0 Å². The molecule has 12 heteroatoms. The maximum atomic E-state index is 14.1. The highest BCUT2D eigenvalue weighted by atomic mass is 19.4. The molecule has 2 N–H and O–H groups in total. The summed E-state index contributed by atoms with van der Waals surface area (Å²) in [6.45, 7) is 0.383. The summed E-state index contributed by atoms with van der Waals surface area (Å²) >= 11 is 0. The molecule has 0 unspecified atom stereocenters. The molecule has 0 saturated carbocycles. The Labute approximate surface area is 255 Å². The minimum Gasteiger partial charge on any atom is -0.349 e. The number of rotatable bonds is 9. The maximum absolute atomic E-state index is 14.1. The third-order valence-electron chi connectivity index (χ3n) is 8.64. The van der Waals surface area contributed by atoms with Crippen molar-refractivity contribution in [2.24, 2.45) is 0 Å². The lowest BCUT2D eigenvalue weighted by atomic mass is 9.73. The summed E-state index contributed by atoms with van der Waals surface area (Å²) in [7, 11) is 0. The number of hydrogen-bond donors (Lipinski definition) is 2. The molecule has 0 spiro atoms. The van der Waals surface area contributed by atoms with Crippen molar-refractivity contribution < 1.29 is 40.3 Å². The minimum absolute atomic E-state index is 0.305. The molecule has 1 fully saturated rings. The molecule has 45 heavy (non-hydrogen) atoms. The highest BCUT2D eigenvalue weighted by Gasteiger charge is 2.49. The first-order valence-electron chi connectivity index (χ1n) is 14.7. The second kappa shape index (κ2) is 12.8. The summed E-state index contributed by atoms with van der Waals surface area (Å²) in [5, 5.41) is 4.78. The summed E-state index contributed by atoms with van der Waals surface area (Å²) in [5.74, 6) is -2.62. The second-order valence-corrected chi connectivity index (χ2v) is 11.5. The van der Waals surface area contributed by atoms with Gasteiger partial charge in [0, 0.05) is 19.1 Å². The summed E-state index contributed by atoms with van der Waals surface area (Å²) in [6.07, 6.45) is -6.72. The van der Waals surface area contributed by atoms with Crippen LogP contribution in [0.3, 0.4) is 0 Å². The first-order valence-corrected chi connectivity index (χ1v) is 14.7. The van der Waals surface area contributed by atoms with Crippen LogP contribution >= 0.6 is 0 Å². The molecule has 1 saturated heterocycles. The Morgan fingerprint density at radius 1 is 0.844 bits per heavy atom. The van der Waals surface area contributed by atoms with E-state index < -0.39 is 53.1 Å². The third kappa shape index (κ3) is 7.00. The van der Waals surface area contributed by atoms with Crippen molar-refractivity contribution in [2.75, 3.05) is 26.2 Å². The quantitative estimate of drug-likeness (QED) is 0.200. The number of nitrogens with zero attached hydrogens (tertiary/aromatic N) is 1. The number of nitrogens with one attached hydrogen (secondary N) is 2. The molecule has 3 aromatic carbocycles. The second-order valence-electron chi connectivity index (χ2n) is 11.5.